The number of nitrogens with one attached hydrogen (secondary N) is 3. The summed E-state index contributed by atoms with van der Waals surface area (Å²) in [5.74, 6) is -0.136. The Bertz CT molecular complexity index is 2490. The Morgan fingerprint density at radius 3 is 2.28 bits per heavy atom. The summed E-state index contributed by atoms with van der Waals surface area (Å²) in [6.45, 7) is 3.97. The van der Waals surface area contributed by atoms with E-state index >= 15 is 0 Å². The lowest BCUT2D eigenvalue weighted by atomic mass is 9.90. The zero-order valence-electron chi connectivity index (χ0n) is 29.7. The van der Waals surface area contributed by atoms with Gasteiger partial charge in [-0.3, -0.25) is 25.2 Å². The minimum Gasteiger partial charge on any atom is -0.457 e. The minimum absolute atomic E-state index is 0.228. The maximum absolute atomic E-state index is 14.6. The topological polar surface area (TPSA) is 108 Å². The second-order valence-corrected chi connectivity index (χ2v) is 13.5. The molecule has 3 atom stereocenters. The van der Waals surface area contributed by atoms with Crippen LogP contribution in [0.5, 0.6) is 11.5 Å². The summed E-state index contributed by atoms with van der Waals surface area (Å²) < 4.78 is 8.13. The molecule has 7 aromatic rings. The number of carbonyl (C=O) groups is 3. The number of amides is 3. The van der Waals surface area contributed by atoms with Crippen molar-refractivity contribution in [2.45, 2.75) is 32.4 Å². The summed E-state index contributed by atoms with van der Waals surface area (Å²) in [4.78, 5) is 47.3. The first-order chi connectivity index (χ1) is 25.8. The van der Waals surface area contributed by atoms with Crippen LogP contribution in [0.1, 0.15) is 58.3 Å². The minimum atomic E-state index is -0.909. The van der Waals surface area contributed by atoms with Gasteiger partial charge in [-0.2, -0.15) is 0 Å². The maximum Gasteiger partial charge on any atom is 0.286 e. The molecule has 9 heteroatoms. The van der Waals surface area contributed by atoms with E-state index in [-0.39, 0.29) is 17.5 Å². The molecular weight excluding hydrogens is 663 g/mol. The number of fused-ring (bicyclic) bond motifs is 3. The number of aromatic nitrogens is 2. The van der Waals surface area contributed by atoms with Crippen LogP contribution in [0.25, 0.3) is 33.1 Å². The number of nitrogens with zero attached hydrogens (tertiary/aromatic N) is 2. The SMILES string of the molecule is CCC(C)C(C(=O)NNC(=O)c1cc2cc(Oc3ccccc3)ccc2[nH]1)N1C(=O)c2ccccc2C1c1c(-c2ccccc2)n(C)c2ccccc12. The van der Waals surface area contributed by atoms with Crippen molar-refractivity contribution >= 4 is 39.5 Å². The van der Waals surface area contributed by atoms with E-state index in [0.29, 0.717) is 23.5 Å². The molecule has 0 radical (unpaired) electrons. The van der Waals surface area contributed by atoms with E-state index in [1.54, 1.807) is 11.0 Å². The van der Waals surface area contributed by atoms with Crippen LogP contribution in [0.2, 0.25) is 0 Å². The maximum atomic E-state index is 14.6. The van der Waals surface area contributed by atoms with Crippen molar-refractivity contribution in [3.05, 3.63) is 156 Å². The molecule has 0 spiro atoms. The van der Waals surface area contributed by atoms with Gasteiger partial charge in [-0.25, -0.2) is 0 Å². The number of carbonyl (C=O) groups excluding carboxylic acids is 3. The normalized spacial score (nSPS) is 15.0. The standard InChI is InChI=1S/C44H39N5O4/c1-4-27(2)39(43(51)47-46-42(50)36-26-29-25-31(23-24-35(29)45-36)53-30-17-9-6-10-18-30)49-41(32-19-11-12-20-33(32)44(49)52)38-34-21-13-14-22-37(34)48(3)40(38)28-15-7-5-8-16-28/h5-27,39,41,45H,4H2,1-3H3,(H,46,50)(H,47,51). The number of hydrogen-bond acceptors (Lipinski definition) is 4. The van der Waals surface area contributed by atoms with E-state index < -0.39 is 23.9 Å². The molecule has 8 rings (SSSR count). The van der Waals surface area contributed by atoms with Gasteiger partial charge in [0.15, 0.2) is 0 Å². The van der Waals surface area contributed by atoms with Gasteiger partial charge in [0, 0.05) is 40.0 Å². The van der Waals surface area contributed by atoms with Gasteiger partial charge < -0.3 is 19.2 Å². The number of aromatic amines is 1. The molecule has 1 aliphatic rings. The molecule has 0 bridgehead atoms. The van der Waals surface area contributed by atoms with Crippen LogP contribution >= 0.6 is 0 Å². The highest BCUT2D eigenvalue weighted by atomic mass is 16.5. The van der Waals surface area contributed by atoms with Gasteiger partial charge in [-0.05, 0) is 65.6 Å². The second-order valence-electron chi connectivity index (χ2n) is 13.5. The van der Waals surface area contributed by atoms with E-state index in [2.05, 4.69) is 44.7 Å². The van der Waals surface area contributed by atoms with Crippen LogP contribution in [0.3, 0.4) is 0 Å². The average molecular weight is 702 g/mol. The van der Waals surface area contributed by atoms with Gasteiger partial charge in [0.2, 0.25) is 0 Å². The first-order valence-corrected chi connectivity index (χ1v) is 17.8. The quantitative estimate of drug-likeness (QED) is 0.131. The van der Waals surface area contributed by atoms with Crippen molar-refractivity contribution < 1.29 is 19.1 Å². The second kappa shape index (κ2) is 13.8. The summed E-state index contributed by atoms with van der Waals surface area (Å²) in [5, 5.41) is 1.78. The molecule has 3 heterocycles. The van der Waals surface area contributed by atoms with Crippen LogP contribution < -0.4 is 15.6 Å². The smallest absolute Gasteiger partial charge is 0.286 e. The molecule has 5 aromatic carbocycles. The van der Waals surface area contributed by atoms with E-state index in [4.69, 9.17) is 4.74 Å². The summed E-state index contributed by atoms with van der Waals surface area (Å²) in [6, 6.07) is 41.1. The predicted octanol–water partition coefficient (Wildman–Crippen LogP) is 8.54. The van der Waals surface area contributed by atoms with Gasteiger partial charge in [0.25, 0.3) is 17.7 Å². The van der Waals surface area contributed by atoms with Crippen molar-refractivity contribution in [2.75, 3.05) is 0 Å². The number of benzene rings is 5. The molecule has 3 amide bonds. The molecular formula is C44H39N5O4. The number of hydrogen-bond donors (Lipinski definition) is 3. The van der Waals surface area contributed by atoms with Crippen molar-refractivity contribution in [3.63, 3.8) is 0 Å². The summed E-state index contributed by atoms with van der Waals surface area (Å²) in [5.41, 5.74) is 11.7. The number of rotatable bonds is 9. The Balaban J connectivity index is 1.13. The average Bonchev–Trinajstić information content (AvgIpc) is 3.84. The zero-order chi connectivity index (χ0) is 36.6. The van der Waals surface area contributed by atoms with E-state index in [1.807, 2.05) is 124 Å². The van der Waals surface area contributed by atoms with E-state index in [0.717, 1.165) is 44.2 Å². The molecule has 264 valence electrons. The number of hydrazine groups is 1. The van der Waals surface area contributed by atoms with E-state index in [1.165, 1.54) is 0 Å². The summed E-state index contributed by atoms with van der Waals surface area (Å²) in [7, 11) is 2.04. The first-order valence-electron chi connectivity index (χ1n) is 17.8. The third kappa shape index (κ3) is 6.00. The van der Waals surface area contributed by atoms with Crippen molar-refractivity contribution in [1.82, 2.24) is 25.3 Å². The Morgan fingerprint density at radius 2 is 1.51 bits per heavy atom. The molecule has 53 heavy (non-hydrogen) atoms. The van der Waals surface area contributed by atoms with Crippen LogP contribution in [-0.2, 0) is 11.8 Å². The molecule has 1 aliphatic heterocycles. The van der Waals surface area contributed by atoms with Crippen LogP contribution in [-0.4, -0.2) is 38.2 Å². The van der Waals surface area contributed by atoms with Gasteiger partial charge in [-0.15, -0.1) is 0 Å². The van der Waals surface area contributed by atoms with Crippen molar-refractivity contribution in [3.8, 4) is 22.8 Å². The van der Waals surface area contributed by atoms with Gasteiger partial charge in [0.1, 0.15) is 23.2 Å². The fourth-order valence-corrected chi connectivity index (χ4v) is 7.63. The Kier molecular flexibility index (Phi) is 8.76. The Hall–Kier alpha value is -6.61. The summed E-state index contributed by atoms with van der Waals surface area (Å²) in [6.07, 6.45) is 0.620. The molecule has 0 aliphatic carbocycles. The lowest BCUT2D eigenvalue weighted by molar-refractivity contribution is -0.128. The molecule has 0 saturated carbocycles. The lowest BCUT2D eigenvalue weighted by Crippen LogP contribution is -2.55. The molecule has 3 unspecified atom stereocenters. The first kappa shape index (κ1) is 33.5. The van der Waals surface area contributed by atoms with Crippen molar-refractivity contribution in [2.24, 2.45) is 13.0 Å². The number of H-pyrrole nitrogens is 1. The Morgan fingerprint density at radius 1 is 0.811 bits per heavy atom. The largest absolute Gasteiger partial charge is 0.457 e. The molecule has 3 N–H and O–H groups in total. The highest BCUT2D eigenvalue weighted by molar-refractivity contribution is 6.05. The summed E-state index contributed by atoms with van der Waals surface area (Å²) >= 11 is 0. The number of para-hydroxylation sites is 2. The lowest BCUT2D eigenvalue weighted by Gasteiger charge is -2.36. The molecule has 0 fully saturated rings. The molecule has 2 aromatic heterocycles. The van der Waals surface area contributed by atoms with Crippen molar-refractivity contribution in [1.29, 1.82) is 0 Å². The Labute approximate surface area is 307 Å². The monoisotopic (exact) mass is 701 g/mol. The van der Waals surface area contributed by atoms with Gasteiger partial charge >= 0.3 is 0 Å². The zero-order valence-corrected chi connectivity index (χ0v) is 29.7. The van der Waals surface area contributed by atoms with Crippen LogP contribution in [0.4, 0.5) is 0 Å². The third-order valence-electron chi connectivity index (χ3n) is 10.3. The fraction of sp³-hybridized carbons (Fsp3) is 0.159. The van der Waals surface area contributed by atoms with Gasteiger partial charge in [0.05, 0.1) is 11.7 Å². The van der Waals surface area contributed by atoms with Crippen LogP contribution in [0.15, 0.2) is 133 Å². The van der Waals surface area contributed by atoms with Crippen LogP contribution in [0, 0.1) is 5.92 Å². The number of aryl methyl sites for hydroxylation is 1. The third-order valence-corrected chi connectivity index (χ3v) is 10.3. The number of ether oxygens (including phenoxy) is 1. The van der Waals surface area contributed by atoms with E-state index in [9.17, 15) is 14.4 Å². The predicted molar refractivity (Wildman–Crippen MR) is 206 cm³/mol. The highest BCUT2D eigenvalue weighted by Gasteiger charge is 2.47. The van der Waals surface area contributed by atoms with Gasteiger partial charge in [-0.1, -0.05) is 105 Å². The molecule has 9 nitrogen and oxygen atoms in total. The molecule has 0 saturated heterocycles. The fourth-order valence-electron chi connectivity index (χ4n) is 7.63. The highest BCUT2D eigenvalue weighted by Crippen LogP contribution is 2.48.